The zero-order valence-corrected chi connectivity index (χ0v) is 12.9. The van der Waals surface area contributed by atoms with E-state index in [4.69, 9.17) is 19.9 Å². The maximum atomic E-state index is 5.71. The van der Waals surface area contributed by atoms with Crippen molar-refractivity contribution in [3.8, 4) is 0 Å². The molecule has 0 aromatic carbocycles. The summed E-state index contributed by atoms with van der Waals surface area (Å²) in [7, 11) is 2.05. The average Bonchev–Trinajstić information content (AvgIpc) is 2.35. The van der Waals surface area contributed by atoms with E-state index in [-0.39, 0.29) is 6.04 Å². The maximum Gasteiger partial charge on any atom is 0.0701 e. The van der Waals surface area contributed by atoms with E-state index in [9.17, 15) is 0 Å². The van der Waals surface area contributed by atoms with Crippen LogP contribution in [0.4, 0.5) is 0 Å². The van der Waals surface area contributed by atoms with Crippen molar-refractivity contribution in [1.82, 2.24) is 4.90 Å². The number of likely N-dealkylation sites (N-methyl/N-ethyl adjacent to an activating group) is 1. The molecule has 1 atom stereocenters. The summed E-state index contributed by atoms with van der Waals surface area (Å²) in [6.07, 6.45) is 2.30. The van der Waals surface area contributed by atoms with Gasteiger partial charge in [0.25, 0.3) is 0 Å². The minimum Gasteiger partial charge on any atom is -0.379 e. The van der Waals surface area contributed by atoms with Gasteiger partial charge < -0.3 is 24.8 Å². The molecule has 0 amide bonds. The first-order valence-corrected chi connectivity index (χ1v) is 7.34. The van der Waals surface area contributed by atoms with E-state index in [0.717, 1.165) is 32.7 Å². The van der Waals surface area contributed by atoms with E-state index >= 15 is 0 Å². The highest BCUT2D eigenvalue weighted by molar-refractivity contribution is 4.59. The molecule has 0 saturated carbocycles. The van der Waals surface area contributed by atoms with Crippen LogP contribution in [0.15, 0.2) is 0 Å². The van der Waals surface area contributed by atoms with Crippen LogP contribution in [0, 0.1) is 0 Å². The van der Waals surface area contributed by atoms with Gasteiger partial charge in [-0.25, -0.2) is 0 Å². The molecular formula is C14H32N2O3. The van der Waals surface area contributed by atoms with Crippen LogP contribution in [0.5, 0.6) is 0 Å². The van der Waals surface area contributed by atoms with Gasteiger partial charge in [0, 0.05) is 25.7 Å². The number of hydrogen-bond acceptors (Lipinski definition) is 5. The normalized spacial score (nSPS) is 13.1. The van der Waals surface area contributed by atoms with Crippen molar-refractivity contribution in [2.45, 2.75) is 32.7 Å². The van der Waals surface area contributed by atoms with E-state index in [1.165, 1.54) is 6.42 Å². The molecule has 0 heterocycles. The lowest BCUT2D eigenvalue weighted by Crippen LogP contribution is -2.34. The lowest BCUT2D eigenvalue weighted by Gasteiger charge is -2.18. The monoisotopic (exact) mass is 276 g/mol. The molecule has 0 aliphatic rings. The smallest absolute Gasteiger partial charge is 0.0701 e. The van der Waals surface area contributed by atoms with Gasteiger partial charge in [-0.15, -0.1) is 0 Å². The summed E-state index contributed by atoms with van der Waals surface area (Å²) in [6, 6.07) is 0.209. The first kappa shape index (κ1) is 18.8. The van der Waals surface area contributed by atoms with E-state index in [0.29, 0.717) is 26.4 Å². The molecule has 0 bridgehead atoms. The van der Waals surface area contributed by atoms with Crippen molar-refractivity contribution in [2.75, 3.05) is 59.8 Å². The Bertz CT molecular complexity index is 180. The van der Waals surface area contributed by atoms with Crippen LogP contribution in [0.3, 0.4) is 0 Å². The van der Waals surface area contributed by atoms with Crippen LogP contribution in [0.1, 0.15) is 26.7 Å². The van der Waals surface area contributed by atoms with Crippen molar-refractivity contribution >= 4 is 0 Å². The van der Waals surface area contributed by atoms with Gasteiger partial charge in [-0.2, -0.15) is 0 Å². The van der Waals surface area contributed by atoms with Gasteiger partial charge in [-0.1, -0.05) is 13.3 Å². The third-order valence-corrected chi connectivity index (χ3v) is 2.60. The third-order valence-electron chi connectivity index (χ3n) is 2.60. The number of rotatable bonds is 14. The largest absolute Gasteiger partial charge is 0.379 e. The Labute approximate surface area is 118 Å². The second kappa shape index (κ2) is 14.2. The van der Waals surface area contributed by atoms with Crippen molar-refractivity contribution in [3.05, 3.63) is 0 Å². The summed E-state index contributed by atoms with van der Waals surface area (Å²) >= 11 is 0. The van der Waals surface area contributed by atoms with Gasteiger partial charge in [0.1, 0.15) is 0 Å². The fourth-order valence-corrected chi connectivity index (χ4v) is 1.59. The molecular weight excluding hydrogens is 244 g/mol. The van der Waals surface area contributed by atoms with Crippen molar-refractivity contribution in [2.24, 2.45) is 5.73 Å². The molecule has 5 nitrogen and oxygen atoms in total. The number of unbranched alkanes of at least 4 members (excludes halogenated alkanes) is 1. The summed E-state index contributed by atoms with van der Waals surface area (Å²) in [5.74, 6) is 0. The van der Waals surface area contributed by atoms with Gasteiger partial charge >= 0.3 is 0 Å². The predicted octanol–water partition coefficient (Wildman–Crippen LogP) is 1.12. The highest BCUT2D eigenvalue weighted by Crippen LogP contribution is 1.89. The SMILES string of the molecule is CCCCOCCOCCOCCN(C)CC(C)N. The maximum absolute atomic E-state index is 5.71. The Morgan fingerprint density at radius 1 is 0.947 bits per heavy atom. The van der Waals surface area contributed by atoms with Crippen molar-refractivity contribution in [1.29, 1.82) is 0 Å². The number of ether oxygens (including phenoxy) is 3. The summed E-state index contributed by atoms with van der Waals surface area (Å²) in [4.78, 5) is 2.17. The molecule has 0 radical (unpaired) electrons. The topological polar surface area (TPSA) is 57.0 Å². The number of hydrogen-bond donors (Lipinski definition) is 1. The van der Waals surface area contributed by atoms with E-state index < -0.39 is 0 Å². The van der Waals surface area contributed by atoms with Crippen LogP contribution < -0.4 is 5.73 Å². The molecule has 116 valence electrons. The average molecular weight is 276 g/mol. The highest BCUT2D eigenvalue weighted by Gasteiger charge is 2.01. The summed E-state index contributed by atoms with van der Waals surface area (Å²) in [6.45, 7) is 10.1. The van der Waals surface area contributed by atoms with Gasteiger partial charge in [0.15, 0.2) is 0 Å². The zero-order valence-electron chi connectivity index (χ0n) is 12.9. The van der Waals surface area contributed by atoms with E-state index in [1.807, 2.05) is 6.92 Å². The van der Waals surface area contributed by atoms with Crippen molar-refractivity contribution < 1.29 is 14.2 Å². The molecule has 0 rings (SSSR count). The van der Waals surface area contributed by atoms with Crippen LogP contribution in [-0.2, 0) is 14.2 Å². The summed E-state index contributed by atoms with van der Waals surface area (Å²) in [5.41, 5.74) is 5.71. The Kier molecular flexibility index (Phi) is 14.1. The lowest BCUT2D eigenvalue weighted by molar-refractivity contribution is 0.0110. The molecule has 2 N–H and O–H groups in total. The van der Waals surface area contributed by atoms with Crippen LogP contribution >= 0.6 is 0 Å². The zero-order chi connectivity index (χ0) is 14.3. The Morgan fingerprint density at radius 2 is 1.47 bits per heavy atom. The fraction of sp³-hybridized carbons (Fsp3) is 1.00. The molecule has 0 aliphatic heterocycles. The molecule has 5 heteroatoms. The molecule has 0 saturated heterocycles. The fourth-order valence-electron chi connectivity index (χ4n) is 1.59. The van der Waals surface area contributed by atoms with Gasteiger partial charge in [-0.3, -0.25) is 0 Å². The van der Waals surface area contributed by atoms with Crippen LogP contribution in [-0.4, -0.2) is 70.7 Å². The molecule has 19 heavy (non-hydrogen) atoms. The highest BCUT2D eigenvalue weighted by atomic mass is 16.5. The van der Waals surface area contributed by atoms with Crippen LogP contribution in [0.25, 0.3) is 0 Å². The van der Waals surface area contributed by atoms with Crippen LogP contribution in [0.2, 0.25) is 0 Å². The van der Waals surface area contributed by atoms with E-state index in [2.05, 4.69) is 18.9 Å². The second-order valence-electron chi connectivity index (χ2n) is 4.93. The summed E-state index contributed by atoms with van der Waals surface area (Å²) in [5, 5.41) is 0. The lowest BCUT2D eigenvalue weighted by atomic mass is 10.3. The molecule has 0 aromatic heterocycles. The van der Waals surface area contributed by atoms with Crippen molar-refractivity contribution in [3.63, 3.8) is 0 Å². The van der Waals surface area contributed by atoms with Gasteiger partial charge in [0.05, 0.1) is 33.0 Å². The molecule has 0 fully saturated rings. The van der Waals surface area contributed by atoms with E-state index in [1.54, 1.807) is 0 Å². The minimum absolute atomic E-state index is 0.209. The standard InChI is InChI=1S/C14H32N2O3/c1-4-5-7-17-9-11-19-12-10-18-8-6-16(3)13-14(2)15/h14H,4-13,15H2,1-3H3. The first-order valence-electron chi connectivity index (χ1n) is 7.34. The molecule has 1 unspecified atom stereocenters. The molecule has 0 aliphatic carbocycles. The Hall–Kier alpha value is -0.200. The number of nitrogens with zero attached hydrogens (tertiary/aromatic N) is 1. The first-order chi connectivity index (χ1) is 9.16. The predicted molar refractivity (Wildman–Crippen MR) is 78.5 cm³/mol. The molecule has 0 spiro atoms. The second-order valence-corrected chi connectivity index (χ2v) is 4.93. The Morgan fingerprint density at radius 3 is 2.00 bits per heavy atom. The minimum atomic E-state index is 0.209. The summed E-state index contributed by atoms with van der Waals surface area (Å²) < 4.78 is 16.3. The van der Waals surface area contributed by atoms with Gasteiger partial charge in [0.2, 0.25) is 0 Å². The van der Waals surface area contributed by atoms with Gasteiger partial charge in [-0.05, 0) is 20.4 Å². The third kappa shape index (κ3) is 15.7. The number of nitrogens with two attached hydrogens (primary N) is 1. The molecule has 0 aromatic rings. The quantitative estimate of drug-likeness (QED) is 0.482. The Balaban J connectivity index is 3.06.